The minimum absolute atomic E-state index is 0.0348. The molecule has 5 nitrogen and oxygen atoms in total. The SMILES string of the molecule is CCOc1ccc(/C=C(/C#N)C(=O)NCc2ccccc2)cc1OCC. The van der Waals surface area contributed by atoms with Crippen molar-refractivity contribution in [2.45, 2.75) is 20.4 Å². The van der Waals surface area contributed by atoms with Crippen LogP contribution < -0.4 is 14.8 Å². The second-order valence-electron chi connectivity index (χ2n) is 5.41. The highest BCUT2D eigenvalue weighted by Crippen LogP contribution is 2.29. The summed E-state index contributed by atoms with van der Waals surface area (Å²) in [6.45, 7) is 5.17. The van der Waals surface area contributed by atoms with Gasteiger partial charge in [-0.2, -0.15) is 5.26 Å². The van der Waals surface area contributed by atoms with Crippen molar-refractivity contribution in [3.63, 3.8) is 0 Å². The lowest BCUT2D eigenvalue weighted by Crippen LogP contribution is -2.23. The molecule has 0 radical (unpaired) electrons. The average molecular weight is 350 g/mol. The summed E-state index contributed by atoms with van der Waals surface area (Å²) in [5, 5.41) is 12.1. The third-order valence-corrected chi connectivity index (χ3v) is 3.54. The molecule has 26 heavy (non-hydrogen) atoms. The van der Waals surface area contributed by atoms with Crippen LogP contribution in [0.15, 0.2) is 54.1 Å². The van der Waals surface area contributed by atoms with Crippen molar-refractivity contribution in [2.24, 2.45) is 0 Å². The number of nitrogens with zero attached hydrogens (tertiary/aromatic N) is 1. The number of amides is 1. The number of nitriles is 1. The third kappa shape index (κ3) is 5.38. The first-order valence-corrected chi connectivity index (χ1v) is 8.51. The lowest BCUT2D eigenvalue weighted by molar-refractivity contribution is -0.117. The molecule has 1 amide bonds. The van der Waals surface area contributed by atoms with Gasteiger partial charge in [-0.1, -0.05) is 36.4 Å². The van der Waals surface area contributed by atoms with E-state index in [2.05, 4.69) is 5.32 Å². The molecule has 2 rings (SSSR count). The lowest BCUT2D eigenvalue weighted by atomic mass is 10.1. The first-order valence-electron chi connectivity index (χ1n) is 8.51. The Morgan fingerprint density at radius 3 is 2.42 bits per heavy atom. The van der Waals surface area contributed by atoms with E-state index in [0.717, 1.165) is 5.56 Å². The van der Waals surface area contributed by atoms with Crippen LogP contribution >= 0.6 is 0 Å². The van der Waals surface area contributed by atoms with E-state index in [-0.39, 0.29) is 5.57 Å². The molecule has 5 heteroatoms. The van der Waals surface area contributed by atoms with Crippen LogP contribution in [0.25, 0.3) is 6.08 Å². The van der Waals surface area contributed by atoms with Crippen LogP contribution in [0.3, 0.4) is 0 Å². The summed E-state index contributed by atoms with van der Waals surface area (Å²) in [6, 6.07) is 16.8. The molecule has 0 aliphatic rings. The van der Waals surface area contributed by atoms with Gasteiger partial charge < -0.3 is 14.8 Å². The maximum Gasteiger partial charge on any atom is 0.262 e. The molecule has 2 aromatic carbocycles. The van der Waals surface area contributed by atoms with Gasteiger partial charge in [0.25, 0.3) is 5.91 Å². The number of nitrogens with one attached hydrogen (secondary N) is 1. The second-order valence-corrected chi connectivity index (χ2v) is 5.41. The van der Waals surface area contributed by atoms with E-state index in [9.17, 15) is 10.1 Å². The molecule has 0 saturated heterocycles. The van der Waals surface area contributed by atoms with Crippen molar-refractivity contribution >= 4 is 12.0 Å². The fourth-order valence-corrected chi connectivity index (χ4v) is 2.35. The summed E-state index contributed by atoms with van der Waals surface area (Å²) in [7, 11) is 0. The molecule has 0 bridgehead atoms. The van der Waals surface area contributed by atoms with Gasteiger partial charge in [0, 0.05) is 6.54 Å². The minimum atomic E-state index is -0.414. The Kier molecular flexibility index (Phi) is 7.26. The van der Waals surface area contributed by atoms with Gasteiger partial charge in [0.05, 0.1) is 13.2 Å². The molecular weight excluding hydrogens is 328 g/mol. The quantitative estimate of drug-likeness (QED) is 0.582. The van der Waals surface area contributed by atoms with Gasteiger partial charge in [0.15, 0.2) is 11.5 Å². The summed E-state index contributed by atoms with van der Waals surface area (Å²) < 4.78 is 11.1. The number of ether oxygens (including phenoxy) is 2. The second kappa shape index (κ2) is 9.90. The highest BCUT2D eigenvalue weighted by molar-refractivity contribution is 6.01. The van der Waals surface area contributed by atoms with Crippen LogP contribution in [0.1, 0.15) is 25.0 Å². The zero-order valence-electron chi connectivity index (χ0n) is 15.0. The summed E-state index contributed by atoms with van der Waals surface area (Å²) in [5.41, 5.74) is 1.70. The molecule has 0 unspecified atom stereocenters. The van der Waals surface area contributed by atoms with E-state index in [1.165, 1.54) is 0 Å². The molecule has 0 aliphatic heterocycles. The Balaban J connectivity index is 2.15. The zero-order chi connectivity index (χ0) is 18.8. The lowest BCUT2D eigenvalue weighted by Gasteiger charge is -2.11. The molecule has 2 aromatic rings. The normalized spacial score (nSPS) is 10.7. The average Bonchev–Trinajstić information content (AvgIpc) is 2.67. The van der Waals surface area contributed by atoms with Crippen LogP contribution in [0.5, 0.6) is 11.5 Å². The van der Waals surface area contributed by atoms with E-state index < -0.39 is 5.91 Å². The third-order valence-electron chi connectivity index (χ3n) is 3.54. The predicted molar refractivity (Wildman–Crippen MR) is 101 cm³/mol. The van der Waals surface area contributed by atoms with Crippen LogP contribution in [-0.4, -0.2) is 19.1 Å². The Morgan fingerprint density at radius 2 is 1.77 bits per heavy atom. The fraction of sp³-hybridized carbons (Fsp3) is 0.238. The Labute approximate surface area is 153 Å². The number of hydrogen-bond acceptors (Lipinski definition) is 4. The van der Waals surface area contributed by atoms with Gasteiger partial charge in [-0.05, 0) is 43.2 Å². The van der Waals surface area contributed by atoms with Gasteiger partial charge in [-0.25, -0.2) is 0 Å². The first-order chi connectivity index (χ1) is 12.7. The van der Waals surface area contributed by atoms with Crippen LogP contribution in [-0.2, 0) is 11.3 Å². The molecule has 0 aliphatic carbocycles. The van der Waals surface area contributed by atoms with Crippen molar-refractivity contribution in [2.75, 3.05) is 13.2 Å². The molecule has 0 atom stereocenters. The predicted octanol–water partition coefficient (Wildman–Crippen LogP) is 3.71. The van der Waals surface area contributed by atoms with E-state index in [0.29, 0.717) is 36.8 Å². The molecule has 0 aromatic heterocycles. The number of carbonyl (C=O) groups excluding carboxylic acids is 1. The molecular formula is C21H22N2O3. The highest BCUT2D eigenvalue weighted by atomic mass is 16.5. The molecule has 134 valence electrons. The molecule has 0 saturated carbocycles. The topological polar surface area (TPSA) is 71.3 Å². The van der Waals surface area contributed by atoms with Gasteiger partial charge in [-0.3, -0.25) is 4.79 Å². The Morgan fingerprint density at radius 1 is 1.08 bits per heavy atom. The van der Waals surface area contributed by atoms with Crippen molar-refractivity contribution in [3.05, 3.63) is 65.2 Å². The van der Waals surface area contributed by atoms with Gasteiger partial charge in [0.2, 0.25) is 0 Å². The summed E-state index contributed by atoms with van der Waals surface area (Å²) in [6.07, 6.45) is 1.54. The van der Waals surface area contributed by atoms with Crippen LogP contribution in [0.2, 0.25) is 0 Å². The van der Waals surface area contributed by atoms with Gasteiger partial charge >= 0.3 is 0 Å². The maximum absolute atomic E-state index is 12.3. The summed E-state index contributed by atoms with van der Waals surface area (Å²) in [4.78, 5) is 12.3. The van der Waals surface area contributed by atoms with Gasteiger partial charge in [-0.15, -0.1) is 0 Å². The van der Waals surface area contributed by atoms with E-state index in [1.54, 1.807) is 24.3 Å². The molecule has 0 spiro atoms. The monoisotopic (exact) mass is 350 g/mol. The van der Waals surface area contributed by atoms with Crippen molar-refractivity contribution in [1.82, 2.24) is 5.32 Å². The molecule has 0 fully saturated rings. The number of hydrogen-bond donors (Lipinski definition) is 1. The maximum atomic E-state index is 12.3. The van der Waals surface area contributed by atoms with Crippen molar-refractivity contribution in [3.8, 4) is 17.6 Å². The molecule has 1 N–H and O–H groups in total. The van der Waals surface area contributed by atoms with Crippen LogP contribution in [0.4, 0.5) is 0 Å². The number of rotatable bonds is 8. The van der Waals surface area contributed by atoms with E-state index in [1.807, 2.05) is 50.2 Å². The van der Waals surface area contributed by atoms with E-state index >= 15 is 0 Å². The van der Waals surface area contributed by atoms with Gasteiger partial charge in [0.1, 0.15) is 11.6 Å². The molecule has 0 heterocycles. The number of carbonyl (C=O) groups is 1. The minimum Gasteiger partial charge on any atom is -0.490 e. The van der Waals surface area contributed by atoms with E-state index in [4.69, 9.17) is 9.47 Å². The highest BCUT2D eigenvalue weighted by Gasteiger charge is 2.10. The first kappa shape index (κ1) is 19.1. The van der Waals surface area contributed by atoms with Crippen LogP contribution in [0, 0.1) is 11.3 Å². The Hall–Kier alpha value is -3.26. The summed E-state index contributed by atoms with van der Waals surface area (Å²) >= 11 is 0. The fourth-order valence-electron chi connectivity index (χ4n) is 2.35. The number of benzene rings is 2. The standard InChI is InChI=1S/C21H22N2O3/c1-3-25-19-11-10-17(13-20(19)26-4-2)12-18(14-22)21(24)23-15-16-8-6-5-7-9-16/h5-13H,3-4,15H2,1-2H3,(H,23,24)/b18-12-. The Bertz CT molecular complexity index is 808. The summed E-state index contributed by atoms with van der Waals surface area (Å²) in [5.74, 6) is 0.812. The smallest absolute Gasteiger partial charge is 0.262 e. The van der Waals surface area contributed by atoms with Crippen molar-refractivity contribution < 1.29 is 14.3 Å². The van der Waals surface area contributed by atoms with Crippen molar-refractivity contribution in [1.29, 1.82) is 5.26 Å². The zero-order valence-corrected chi connectivity index (χ0v) is 15.0. The largest absolute Gasteiger partial charge is 0.490 e.